The van der Waals surface area contributed by atoms with Gasteiger partial charge < -0.3 is 14.7 Å². The third-order valence-corrected chi connectivity index (χ3v) is 6.19. The first-order valence-electron chi connectivity index (χ1n) is 8.26. The van der Waals surface area contributed by atoms with Crippen LogP contribution in [0.3, 0.4) is 0 Å². The minimum Gasteiger partial charge on any atom is -0.504 e. The first kappa shape index (κ1) is 14.8. The summed E-state index contributed by atoms with van der Waals surface area (Å²) < 4.78 is 5.33. The fourth-order valence-corrected chi connectivity index (χ4v) is 5.40. The number of methoxy groups -OCH3 is 1. The smallest absolute Gasteiger partial charge is 0.161 e. The molecule has 0 radical (unpaired) electrons. The Balaban J connectivity index is 1.92. The van der Waals surface area contributed by atoms with Gasteiger partial charge in [-0.15, -0.1) is 0 Å². The standard InChI is InChI=1S/C19H23NO3/c1-11-4-7-15(23-3)18(22)16(11)19-8-12-10-20(2)17(12)14(19)6-5-13(21)9-19/h4-7,12,14,17,22H,8-10H2,1-3H3/t12-,14-,17+,19-/m0/s1. The van der Waals surface area contributed by atoms with E-state index >= 15 is 0 Å². The molecule has 2 fully saturated rings. The van der Waals surface area contributed by atoms with E-state index in [0.717, 1.165) is 24.1 Å². The zero-order valence-electron chi connectivity index (χ0n) is 13.9. The topological polar surface area (TPSA) is 49.8 Å². The van der Waals surface area contributed by atoms with Crippen molar-refractivity contribution in [2.45, 2.75) is 31.2 Å². The van der Waals surface area contributed by atoms with Crippen LogP contribution in [-0.2, 0) is 10.2 Å². The Morgan fingerprint density at radius 3 is 2.87 bits per heavy atom. The van der Waals surface area contributed by atoms with Crippen molar-refractivity contribution in [3.63, 3.8) is 0 Å². The summed E-state index contributed by atoms with van der Waals surface area (Å²) >= 11 is 0. The SMILES string of the molecule is COc1ccc(C)c([C@@]23CC(=O)C=C[C@H]2[C@H]2[C@H](CN2C)C3)c1O. The molecule has 1 aromatic carbocycles. The number of allylic oxidation sites excluding steroid dienone is 1. The highest BCUT2D eigenvalue weighted by Crippen LogP contribution is 2.60. The van der Waals surface area contributed by atoms with E-state index in [4.69, 9.17) is 4.74 Å². The average molecular weight is 313 g/mol. The van der Waals surface area contributed by atoms with E-state index in [-0.39, 0.29) is 22.9 Å². The van der Waals surface area contributed by atoms with Gasteiger partial charge in [0.05, 0.1) is 7.11 Å². The predicted octanol–water partition coefficient (Wildman–Crippen LogP) is 2.43. The molecule has 0 spiro atoms. The Morgan fingerprint density at radius 1 is 1.39 bits per heavy atom. The maximum Gasteiger partial charge on any atom is 0.161 e. The highest BCUT2D eigenvalue weighted by atomic mass is 16.5. The fraction of sp³-hybridized carbons (Fsp3) is 0.526. The van der Waals surface area contributed by atoms with Gasteiger partial charge in [0.15, 0.2) is 17.3 Å². The first-order valence-corrected chi connectivity index (χ1v) is 8.26. The molecule has 4 atom stereocenters. The second kappa shape index (κ2) is 4.84. The number of phenolic OH excluding ortho intramolecular Hbond substituents is 1. The lowest BCUT2D eigenvalue weighted by atomic mass is 9.64. The van der Waals surface area contributed by atoms with E-state index in [1.807, 2.05) is 13.0 Å². The van der Waals surface area contributed by atoms with Crippen molar-refractivity contribution in [2.75, 3.05) is 20.7 Å². The molecule has 4 heteroatoms. The van der Waals surface area contributed by atoms with E-state index in [2.05, 4.69) is 18.0 Å². The Labute approximate surface area is 136 Å². The molecule has 23 heavy (non-hydrogen) atoms. The lowest BCUT2D eigenvalue weighted by molar-refractivity contribution is -0.116. The normalized spacial score (nSPS) is 35.6. The Bertz CT molecular complexity index is 711. The molecule has 122 valence electrons. The molecule has 1 saturated carbocycles. The monoisotopic (exact) mass is 313 g/mol. The van der Waals surface area contributed by atoms with Gasteiger partial charge in [0.2, 0.25) is 0 Å². The van der Waals surface area contributed by atoms with Crippen molar-refractivity contribution in [3.8, 4) is 11.5 Å². The van der Waals surface area contributed by atoms with Crippen LogP contribution < -0.4 is 4.74 Å². The predicted molar refractivity (Wildman–Crippen MR) is 87.9 cm³/mol. The number of nitrogens with zero attached hydrogens (tertiary/aromatic N) is 1. The number of likely N-dealkylation sites (tertiary alicyclic amines) is 1. The van der Waals surface area contributed by atoms with Crippen LogP contribution in [0.25, 0.3) is 0 Å². The van der Waals surface area contributed by atoms with Gasteiger partial charge in [-0.1, -0.05) is 12.1 Å². The number of benzene rings is 1. The molecule has 4 nitrogen and oxygen atoms in total. The molecule has 0 bridgehead atoms. The molecule has 1 heterocycles. The molecule has 0 unspecified atom stereocenters. The maximum atomic E-state index is 12.3. The van der Waals surface area contributed by atoms with Gasteiger partial charge in [-0.3, -0.25) is 4.79 Å². The summed E-state index contributed by atoms with van der Waals surface area (Å²) in [5.41, 5.74) is 1.66. The molecule has 4 rings (SSSR count). The van der Waals surface area contributed by atoms with Crippen LogP contribution in [0.5, 0.6) is 11.5 Å². The van der Waals surface area contributed by atoms with Crippen molar-refractivity contribution >= 4 is 5.78 Å². The molecule has 0 aromatic heterocycles. The number of hydrogen-bond acceptors (Lipinski definition) is 4. The van der Waals surface area contributed by atoms with Crippen molar-refractivity contribution in [1.29, 1.82) is 0 Å². The van der Waals surface area contributed by atoms with Crippen LogP contribution in [0.15, 0.2) is 24.3 Å². The van der Waals surface area contributed by atoms with Crippen LogP contribution in [0.4, 0.5) is 0 Å². The average Bonchev–Trinajstić information content (AvgIpc) is 2.75. The number of aromatic hydroxyl groups is 1. The van der Waals surface area contributed by atoms with Crippen molar-refractivity contribution < 1.29 is 14.6 Å². The summed E-state index contributed by atoms with van der Waals surface area (Å²) in [6.45, 7) is 3.10. The van der Waals surface area contributed by atoms with Gasteiger partial charge in [0, 0.05) is 35.9 Å². The van der Waals surface area contributed by atoms with Crippen LogP contribution >= 0.6 is 0 Å². The minimum absolute atomic E-state index is 0.159. The van der Waals surface area contributed by atoms with Crippen LogP contribution in [0, 0.1) is 18.8 Å². The van der Waals surface area contributed by atoms with Crippen LogP contribution in [-0.4, -0.2) is 42.5 Å². The summed E-state index contributed by atoms with van der Waals surface area (Å²) in [6.07, 6.45) is 5.27. The second-order valence-electron chi connectivity index (χ2n) is 7.39. The van der Waals surface area contributed by atoms with Crippen LogP contribution in [0.1, 0.15) is 24.0 Å². The van der Waals surface area contributed by atoms with E-state index < -0.39 is 0 Å². The molecule has 1 saturated heterocycles. The number of carbonyl (C=O) groups is 1. The number of aryl methyl sites for hydroxylation is 1. The molecular weight excluding hydrogens is 290 g/mol. The van der Waals surface area contributed by atoms with Gasteiger partial charge in [0.1, 0.15) is 0 Å². The van der Waals surface area contributed by atoms with Gasteiger partial charge in [-0.2, -0.15) is 0 Å². The molecule has 1 aromatic rings. The highest BCUT2D eigenvalue weighted by molar-refractivity contribution is 5.92. The Morgan fingerprint density at radius 2 is 2.17 bits per heavy atom. The van der Waals surface area contributed by atoms with E-state index in [1.165, 1.54) is 0 Å². The number of ether oxygens (including phenoxy) is 1. The Hall–Kier alpha value is -1.81. The third kappa shape index (κ3) is 1.84. The number of carbonyl (C=O) groups excluding carboxylic acids is 1. The van der Waals surface area contributed by atoms with Gasteiger partial charge in [0.25, 0.3) is 0 Å². The zero-order chi connectivity index (χ0) is 16.4. The number of ketones is 1. The van der Waals surface area contributed by atoms with Crippen molar-refractivity contribution in [2.24, 2.45) is 11.8 Å². The number of rotatable bonds is 2. The molecule has 1 N–H and O–H groups in total. The van der Waals surface area contributed by atoms with E-state index in [9.17, 15) is 9.90 Å². The quantitative estimate of drug-likeness (QED) is 0.911. The first-order chi connectivity index (χ1) is 11.0. The molecule has 1 aliphatic heterocycles. The molecule has 0 amide bonds. The summed E-state index contributed by atoms with van der Waals surface area (Å²) in [5.74, 6) is 1.75. The molecule has 3 aliphatic rings. The van der Waals surface area contributed by atoms with Gasteiger partial charge in [-0.25, -0.2) is 0 Å². The number of fused-ring (bicyclic) bond motifs is 3. The lowest BCUT2D eigenvalue weighted by Gasteiger charge is -2.45. The van der Waals surface area contributed by atoms with E-state index in [0.29, 0.717) is 24.1 Å². The zero-order valence-corrected chi connectivity index (χ0v) is 13.9. The van der Waals surface area contributed by atoms with Crippen molar-refractivity contribution in [3.05, 3.63) is 35.4 Å². The second-order valence-corrected chi connectivity index (χ2v) is 7.39. The molecule has 2 aliphatic carbocycles. The fourth-order valence-electron chi connectivity index (χ4n) is 5.40. The number of phenols is 1. The summed E-state index contributed by atoms with van der Waals surface area (Å²) in [5, 5.41) is 10.8. The molecular formula is C19H23NO3. The maximum absolute atomic E-state index is 12.3. The summed E-state index contributed by atoms with van der Waals surface area (Å²) in [6, 6.07) is 4.27. The van der Waals surface area contributed by atoms with E-state index in [1.54, 1.807) is 19.3 Å². The third-order valence-electron chi connectivity index (χ3n) is 6.19. The highest BCUT2D eigenvalue weighted by Gasteiger charge is 2.61. The minimum atomic E-state index is -0.297. The number of hydrogen-bond donors (Lipinski definition) is 1. The van der Waals surface area contributed by atoms with Gasteiger partial charge in [-0.05, 0) is 44.0 Å². The Kier molecular flexibility index (Phi) is 3.11. The van der Waals surface area contributed by atoms with Crippen molar-refractivity contribution in [1.82, 2.24) is 4.90 Å². The van der Waals surface area contributed by atoms with Crippen LogP contribution in [0.2, 0.25) is 0 Å². The summed E-state index contributed by atoms with van der Waals surface area (Å²) in [4.78, 5) is 14.6. The lowest BCUT2D eigenvalue weighted by Crippen LogP contribution is -2.54. The largest absolute Gasteiger partial charge is 0.504 e. The summed E-state index contributed by atoms with van der Waals surface area (Å²) in [7, 11) is 3.72. The van der Waals surface area contributed by atoms with Gasteiger partial charge >= 0.3 is 0 Å².